The number of nitrogens with one attached hydrogen (secondary N) is 1. The number of hydrogen-bond acceptors (Lipinski definition) is 2. The third-order valence-electron chi connectivity index (χ3n) is 2.26. The quantitative estimate of drug-likeness (QED) is 0.697. The molecule has 0 spiro atoms. The molecule has 2 heteroatoms. The van der Waals surface area contributed by atoms with Gasteiger partial charge in [-0.1, -0.05) is 36.9 Å². The molecule has 1 atom stereocenters. The number of aliphatic hydroxyl groups is 1. The Bertz CT molecular complexity index is 293. The molecular formula is C13H19NO. The summed E-state index contributed by atoms with van der Waals surface area (Å²) < 4.78 is 0. The lowest BCUT2D eigenvalue weighted by Crippen LogP contribution is -2.20. The van der Waals surface area contributed by atoms with E-state index in [0.29, 0.717) is 0 Å². The van der Waals surface area contributed by atoms with Gasteiger partial charge >= 0.3 is 0 Å². The van der Waals surface area contributed by atoms with Crippen molar-refractivity contribution in [3.8, 4) is 0 Å². The highest BCUT2D eigenvalue weighted by Crippen LogP contribution is 2.09. The first-order chi connectivity index (χ1) is 7.20. The van der Waals surface area contributed by atoms with Crippen molar-refractivity contribution < 1.29 is 5.11 Å². The average molecular weight is 205 g/mol. The van der Waals surface area contributed by atoms with Crippen LogP contribution in [0.3, 0.4) is 0 Å². The van der Waals surface area contributed by atoms with E-state index in [1.807, 2.05) is 18.2 Å². The minimum atomic E-state index is -0.234. The second-order valence-corrected chi connectivity index (χ2v) is 3.78. The number of hydrogen-bond donors (Lipinski definition) is 2. The fourth-order valence-corrected chi connectivity index (χ4v) is 1.33. The second kappa shape index (κ2) is 6.38. The van der Waals surface area contributed by atoms with Crippen LogP contribution in [-0.2, 0) is 0 Å². The molecule has 82 valence electrons. The van der Waals surface area contributed by atoms with Crippen molar-refractivity contribution in [2.45, 2.75) is 19.4 Å². The van der Waals surface area contributed by atoms with Gasteiger partial charge in [-0.25, -0.2) is 0 Å². The van der Waals surface area contributed by atoms with Crippen LogP contribution in [0.5, 0.6) is 0 Å². The topological polar surface area (TPSA) is 32.3 Å². The van der Waals surface area contributed by atoms with Crippen LogP contribution in [0.1, 0.15) is 18.9 Å². The van der Waals surface area contributed by atoms with E-state index in [1.165, 1.54) is 5.56 Å². The zero-order chi connectivity index (χ0) is 11.1. The van der Waals surface area contributed by atoms with Crippen molar-refractivity contribution in [1.29, 1.82) is 0 Å². The summed E-state index contributed by atoms with van der Waals surface area (Å²) in [7, 11) is 0. The monoisotopic (exact) mass is 205 g/mol. The molecule has 0 radical (unpaired) electrons. The van der Waals surface area contributed by atoms with Gasteiger partial charge in [-0.15, -0.1) is 0 Å². The molecule has 0 saturated carbocycles. The highest BCUT2D eigenvalue weighted by atomic mass is 16.3. The lowest BCUT2D eigenvalue weighted by atomic mass is 10.1. The molecule has 1 aromatic rings. The van der Waals surface area contributed by atoms with Crippen molar-refractivity contribution in [2.75, 3.05) is 13.1 Å². The van der Waals surface area contributed by atoms with Crippen LogP contribution in [-0.4, -0.2) is 24.3 Å². The van der Waals surface area contributed by atoms with Crippen molar-refractivity contribution in [1.82, 2.24) is 5.32 Å². The molecule has 0 amide bonds. The third kappa shape index (κ3) is 4.77. The van der Waals surface area contributed by atoms with E-state index >= 15 is 0 Å². The van der Waals surface area contributed by atoms with Gasteiger partial charge in [-0.2, -0.15) is 0 Å². The van der Waals surface area contributed by atoms with E-state index in [-0.39, 0.29) is 6.10 Å². The molecule has 15 heavy (non-hydrogen) atoms. The molecule has 0 fully saturated rings. The predicted octanol–water partition coefficient (Wildman–Crippen LogP) is 2.06. The summed E-state index contributed by atoms with van der Waals surface area (Å²) >= 11 is 0. The van der Waals surface area contributed by atoms with Gasteiger partial charge in [0.2, 0.25) is 0 Å². The highest BCUT2D eigenvalue weighted by molar-refractivity contribution is 5.64. The SMILES string of the molecule is C=C(CNCCC(C)O)c1ccccc1. The van der Waals surface area contributed by atoms with E-state index in [0.717, 1.165) is 25.1 Å². The van der Waals surface area contributed by atoms with Gasteiger partial charge in [-0.05, 0) is 31.0 Å². The lowest BCUT2D eigenvalue weighted by Gasteiger charge is -2.08. The summed E-state index contributed by atoms with van der Waals surface area (Å²) in [6.07, 6.45) is 0.546. The van der Waals surface area contributed by atoms with Crippen LogP contribution >= 0.6 is 0 Å². The van der Waals surface area contributed by atoms with Crippen LogP contribution in [0, 0.1) is 0 Å². The first kappa shape index (κ1) is 12.0. The van der Waals surface area contributed by atoms with E-state index in [4.69, 9.17) is 5.11 Å². The van der Waals surface area contributed by atoms with Crippen LogP contribution in [0.15, 0.2) is 36.9 Å². The minimum Gasteiger partial charge on any atom is -0.393 e. The van der Waals surface area contributed by atoms with Crippen LogP contribution in [0.4, 0.5) is 0 Å². The molecule has 1 unspecified atom stereocenters. The van der Waals surface area contributed by atoms with Crippen LogP contribution < -0.4 is 5.32 Å². The number of rotatable bonds is 6. The molecule has 1 aromatic carbocycles. The van der Waals surface area contributed by atoms with E-state index in [2.05, 4.69) is 24.0 Å². The van der Waals surface area contributed by atoms with Gasteiger partial charge in [0.25, 0.3) is 0 Å². The van der Waals surface area contributed by atoms with Crippen molar-refractivity contribution in [2.24, 2.45) is 0 Å². The highest BCUT2D eigenvalue weighted by Gasteiger charge is 1.98. The Balaban J connectivity index is 2.25. The molecule has 0 aliphatic carbocycles. The first-order valence-corrected chi connectivity index (χ1v) is 5.32. The summed E-state index contributed by atoms with van der Waals surface area (Å²) in [6, 6.07) is 10.1. The fourth-order valence-electron chi connectivity index (χ4n) is 1.33. The van der Waals surface area contributed by atoms with Gasteiger partial charge in [-0.3, -0.25) is 0 Å². The van der Waals surface area contributed by atoms with E-state index in [9.17, 15) is 0 Å². The summed E-state index contributed by atoms with van der Waals surface area (Å²) in [5.41, 5.74) is 2.25. The predicted molar refractivity (Wildman–Crippen MR) is 64.6 cm³/mol. The molecule has 0 aliphatic rings. The molecule has 2 N–H and O–H groups in total. The maximum absolute atomic E-state index is 9.07. The standard InChI is InChI=1S/C13H19NO/c1-11(10-14-9-8-12(2)15)13-6-4-3-5-7-13/h3-7,12,14-15H,1,8-10H2,2H3. The normalized spacial score (nSPS) is 12.4. The van der Waals surface area contributed by atoms with Crippen LogP contribution in [0.25, 0.3) is 5.57 Å². The minimum absolute atomic E-state index is 0.234. The van der Waals surface area contributed by atoms with Gasteiger partial charge < -0.3 is 10.4 Å². The molecule has 0 aliphatic heterocycles. The Kier molecular flexibility index (Phi) is 5.08. The van der Waals surface area contributed by atoms with Crippen LogP contribution in [0.2, 0.25) is 0 Å². The molecule has 0 aromatic heterocycles. The largest absolute Gasteiger partial charge is 0.393 e. The first-order valence-electron chi connectivity index (χ1n) is 5.32. The van der Waals surface area contributed by atoms with Gasteiger partial charge in [0.15, 0.2) is 0 Å². The fraction of sp³-hybridized carbons (Fsp3) is 0.385. The number of benzene rings is 1. The number of aliphatic hydroxyl groups excluding tert-OH is 1. The van der Waals surface area contributed by atoms with Gasteiger partial charge in [0.05, 0.1) is 6.10 Å². The summed E-state index contributed by atoms with van der Waals surface area (Å²) in [5, 5.41) is 12.3. The zero-order valence-corrected chi connectivity index (χ0v) is 9.24. The van der Waals surface area contributed by atoms with Crippen molar-refractivity contribution in [3.63, 3.8) is 0 Å². The summed E-state index contributed by atoms with van der Waals surface area (Å²) in [6.45, 7) is 7.41. The Morgan fingerprint density at radius 3 is 2.67 bits per heavy atom. The average Bonchev–Trinajstić information content (AvgIpc) is 2.25. The second-order valence-electron chi connectivity index (χ2n) is 3.78. The molecule has 0 heterocycles. The zero-order valence-electron chi connectivity index (χ0n) is 9.24. The van der Waals surface area contributed by atoms with E-state index in [1.54, 1.807) is 6.92 Å². The molecule has 0 bridgehead atoms. The Hall–Kier alpha value is -1.12. The lowest BCUT2D eigenvalue weighted by molar-refractivity contribution is 0.184. The Morgan fingerprint density at radius 2 is 2.07 bits per heavy atom. The molecule has 1 rings (SSSR count). The summed E-state index contributed by atoms with van der Waals surface area (Å²) in [5.74, 6) is 0. The maximum atomic E-state index is 9.07. The smallest absolute Gasteiger partial charge is 0.0524 e. The third-order valence-corrected chi connectivity index (χ3v) is 2.26. The van der Waals surface area contributed by atoms with Gasteiger partial charge in [0.1, 0.15) is 0 Å². The molecule has 0 saturated heterocycles. The van der Waals surface area contributed by atoms with Gasteiger partial charge in [0, 0.05) is 6.54 Å². The van der Waals surface area contributed by atoms with Crippen molar-refractivity contribution >= 4 is 5.57 Å². The maximum Gasteiger partial charge on any atom is 0.0524 e. The Labute approximate surface area is 91.6 Å². The summed E-state index contributed by atoms with van der Waals surface area (Å²) in [4.78, 5) is 0. The van der Waals surface area contributed by atoms with Crippen molar-refractivity contribution in [3.05, 3.63) is 42.5 Å². The molecular weight excluding hydrogens is 186 g/mol. The molecule has 2 nitrogen and oxygen atoms in total. The Morgan fingerprint density at radius 1 is 1.40 bits per heavy atom. The van der Waals surface area contributed by atoms with E-state index < -0.39 is 0 Å².